The molecule has 1 aromatic rings. The minimum Gasteiger partial charge on any atom is -0.613 e. The van der Waals surface area contributed by atoms with Crippen LogP contribution in [0.3, 0.4) is 0 Å². The molecule has 2 aliphatic rings. The van der Waals surface area contributed by atoms with E-state index < -0.39 is 0 Å². The zero-order valence-corrected chi connectivity index (χ0v) is 17.1. The van der Waals surface area contributed by atoms with Crippen LogP contribution in [0.15, 0.2) is 18.3 Å². The van der Waals surface area contributed by atoms with Gasteiger partial charge in [-0.2, -0.15) is 10.7 Å². The molecule has 0 aromatic carbocycles. The molecular weight excluding hydrogens is 394 g/mol. The monoisotopic (exact) mass is 421 g/mol. The highest BCUT2D eigenvalue weighted by Crippen LogP contribution is 2.18. The number of likely N-dealkylation sites (tertiary alicyclic amines) is 1. The maximum atomic E-state index is 12.4. The fourth-order valence-corrected chi connectivity index (χ4v) is 4.05. The first-order valence-electron chi connectivity index (χ1n) is 10.1. The maximum absolute atomic E-state index is 12.4. The van der Waals surface area contributed by atoms with Crippen LogP contribution < -0.4 is 21.2 Å². The van der Waals surface area contributed by atoms with Crippen LogP contribution in [0.5, 0.6) is 0 Å². The number of aromatic nitrogens is 1. The third kappa shape index (κ3) is 6.60. The van der Waals surface area contributed by atoms with E-state index in [0.29, 0.717) is 36.4 Å². The van der Waals surface area contributed by atoms with Crippen molar-refractivity contribution in [2.45, 2.75) is 37.8 Å². The van der Waals surface area contributed by atoms with Gasteiger partial charge in [0.05, 0.1) is 23.7 Å². The SMILES string of the molecule is N#CC1NCCC1CCN[NH+]([O-])C1CCN(CC(=O)Nc2ccc(Cl)cn2)CC1. The summed E-state index contributed by atoms with van der Waals surface area (Å²) in [6.07, 6.45) is 4.79. The van der Waals surface area contributed by atoms with Gasteiger partial charge in [-0.3, -0.25) is 14.9 Å². The Balaban J connectivity index is 1.32. The molecule has 1 amide bonds. The van der Waals surface area contributed by atoms with Crippen molar-refractivity contribution in [3.8, 4) is 6.07 Å². The van der Waals surface area contributed by atoms with Crippen molar-refractivity contribution in [3.63, 3.8) is 0 Å². The molecule has 3 atom stereocenters. The molecule has 2 aliphatic heterocycles. The lowest BCUT2D eigenvalue weighted by atomic mass is 9.98. The van der Waals surface area contributed by atoms with Crippen molar-refractivity contribution in [2.24, 2.45) is 5.92 Å². The van der Waals surface area contributed by atoms with Crippen LogP contribution in [0.4, 0.5) is 5.82 Å². The molecule has 158 valence electrons. The van der Waals surface area contributed by atoms with E-state index in [1.165, 1.54) is 6.20 Å². The van der Waals surface area contributed by atoms with Crippen molar-refractivity contribution in [2.75, 3.05) is 38.0 Å². The molecule has 2 saturated heterocycles. The predicted molar refractivity (Wildman–Crippen MR) is 110 cm³/mol. The Hall–Kier alpha value is -1.80. The van der Waals surface area contributed by atoms with E-state index in [2.05, 4.69) is 32.0 Å². The Labute approximate surface area is 175 Å². The third-order valence-corrected chi connectivity index (χ3v) is 5.85. The summed E-state index contributed by atoms with van der Waals surface area (Å²) in [7, 11) is 0. The lowest BCUT2D eigenvalue weighted by Crippen LogP contribution is -3.18. The van der Waals surface area contributed by atoms with E-state index in [0.717, 1.165) is 32.2 Å². The zero-order valence-electron chi connectivity index (χ0n) is 16.4. The van der Waals surface area contributed by atoms with Gasteiger partial charge >= 0.3 is 0 Å². The number of hydroxylamine groups is 1. The number of nitrogens with zero attached hydrogens (tertiary/aromatic N) is 3. The van der Waals surface area contributed by atoms with E-state index in [1.54, 1.807) is 12.1 Å². The van der Waals surface area contributed by atoms with Gasteiger partial charge in [-0.05, 0) is 37.4 Å². The molecular formula is C19H28ClN7O2. The van der Waals surface area contributed by atoms with Crippen molar-refractivity contribution in [3.05, 3.63) is 28.6 Å². The fraction of sp³-hybridized carbons (Fsp3) is 0.632. The summed E-state index contributed by atoms with van der Waals surface area (Å²) >= 11 is 5.79. The second-order valence-corrected chi connectivity index (χ2v) is 8.09. The number of piperidine rings is 1. The maximum Gasteiger partial charge on any atom is 0.239 e. The largest absolute Gasteiger partial charge is 0.613 e. The second-order valence-electron chi connectivity index (χ2n) is 7.65. The Morgan fingerprint density at radius 2 is 2.21 bits per heavy atom. The number of hydrogen-bond acceptors (Lipinski definition) is 7. The summed E-state index contributed by atoms with van der Waals surface area (Å²) in [5.74, 6) is 0.667. The Bertz CT molecular complexity index is 704. The highest BCUT2D eigenvalue weighted by atomic mass is 35.5. The van der Waals surface area contributed by atoms with Crippen LogP contribution in [0.1, 0.15) is 25.7 Å². The highest BCUT2D eigenvalue weighted by molar-refractivity contribution is 6.30. The molecule has 2 fully saturated rings. The van der Waals surface area contributed by atoms with Gasteiger partial charge in [-0.25, -0.2) is 4.98 Å². The first-order chi connectivity index (χ1) is 14.0. The lowest BCUT2D eigenvalue weighted by Gasteiger charge is -2.37. The smallest absolute Gasteiger partial charge is 0.239 e. The van der Waals surface area contributed by atoms with Crippen molar-refractivity contribution in [1.82, 2.24) is 20.6 Å². The van der Waals surface area contributed by atoms with Gasteiger partial charge in [-0.1, -0.05) is 11.6 Å². The van der Waals surface area contributed by atoms with Crippen molar-refractivity contribution < 1.29 is 9.97 Å². The molecule has 3 heterocycles. The van der Waals surface area contributed by atoms with E-state index >= 15 is 0 Å². The summed E-state index contributed by atoms with van der Waals surface area (Å²) < 4.78 is 0. The van der Waals surface area contributed by atoms with E-state index in [1.807, 2.05) is 0 Å². The Morgan fingerprint density at radius 1 is 1.41 bits per heavy atom. The molecule has 0 radical (unpaired) electrons. The first kappa shape index (κ1) is 21.9. The number of amides is 1. The van der Waals surface area contributed by atoms with Crippen LogP contribution in [0, 0.1) is 22.5 Å². The topological polar surface area (TPSA) is 121 Å². The molecule has 0 spiro atoms. The number of quaternary nitrogens is 1. The zero-order chi connectivity index (χ0) is 20.6. The number of rotatable bonds is 8. The van der Waals surface area contributed by atoms with Gasteiger partial charge < -0.3 is 15.8 Å². The van der Waals surface area contributed by atoms with Gasteiger partial charge in [0.2, 0.25) is 5.91 Å². The average Bonchev–Trinajstić information content (AvgIpc) is 3.17. The molecule has 0 bridgehead atoms. The summed E-state index contributed by atoms with van der Waals surface area (Å²) in [6, 6.07) is 5.52. The molecule has 0 saturated carbocycles. The number of carbonyl (C=O) groups is 1. The van der Waals surface area contributed by atoms with Gasteiger partial charge in [0, 0.05) is 38.7 Å². The summed E-state index contributed by atoms with van der Waals surface area (Å²) in [5.41, 5.74) is 3.02. The van der Waals surface area contributed by atoms with Gasteiger partial charge in [-0.15, -0.1) is 0 Å². The predicted octanol–water partition coefficient (Wildman–Crippen LogP) is -0.0830. The highest BCUT2D eigenvalue weighted by Gasteiger charge is 2.28. The molecule has 3 rings (SSSR count). The second kappa shape index (κ2) is 10.8. The molecule has 29 heavy (non-hydrogen) atoms. The first-order valence-corrected chi connectivity index (χ1v) is 10.5. The fourth-order valence-electron chi connectivity index (χ4n) is 3.93. The Morgan fingerprint density at radius 3 is 2.90 bits per heavy atom. The Kier molecular flexibility index (Phi) is 8.18. The number of anilines is 1. The minimum absolute atomic E-state index is 0.0132. The van der Waals surface area contributed by atoms with Crippen molar-refractivity contribution >= 4 is 23.3 Å². The molecule has 9 nitrogen and oxygen atoms in total. The van der Waals surface area contributed by atoms with Crippen LogP contribution in [0.2, 0.25) is 5.02 Å². The molecule has 10 heteroatoms. The van der Waals surface area contributed by atoms with Crippen LogP contribution in [0.25, 0.3) is 0 Å². The van der Waals surface area contributed by atoms with E-state index in [9.17, 15) is 10.0 Å². The van der Waals surface area contributed by atoms with Crippen molar-refractivity contribution in [1.29, 1.82) is 5.26 Å². The van der Waals surface area contributed by atoms with Gasteiger partial charge in [0.25, 0.3) is 0 Å². The average molecular weight is 422 g/mol. The van der Waals surface area contributed by atoms with Gasteiger partial charge in [0.15, 0.2) is 0 Å². The molecule has 3 unspecified atom stereocenters. The number of nitriles is 1. The minimum atomic E-state index is -0.125. The molecule has 1 aromatic heterocycles. The van der Waals surface area contributed by atoms with Crippen LogP contribution in [-0.4, -0.2) is 60.6 Å². The number of halogens is 1. The standard InChI is InChI=1S/C19H28ClN7O2/c20-15-1-2-18(23-12-15)25-19(28)13-26-9-5-16(6-10-26)27(29)24-8-4-14-3-7-22-17(14)11-21/h1-2,12,14,16-17,22,24,27H,3-10,13H2,(H,23,25,28). The number of pyridine rings is 1. The van der Waals surface area contributed by atoms with E-state index in [-0.39, 0.29) is 29.7 Å². The quantitative estimate of drug-likeness (QED) is 0.433. The molecule has 4 N–H and O–H groups in total. The normalized spacial score (nSPS) is 24.2. The number of nitrogens with one attached hydrogen (secondary N) is 4. The van der Waals surface area contributed by atoms with Crippen LogP contribution >= 0.6 is 11.6 Å². The summed E-state index contributed by atoms with van der Waals surface area (Å²) in [4.78, 5) is 18.3. The lowest BCUT2D eigenvalue weighted by molar-refractivity contribution is -0.923. The molecule has 0 aliphatic carbocycles. The summed E-state index contributed by atoms with van der Waals surface area (Å²) in [6.45, 7) is 3.19. The third-order valence-electron chi connectivity index (χ3n) is 5.62. The van der Waals surface area contributed by atoms with Gasteiger partial charge in [0.1, 0.15) is 11.9 Å². The summed E-state index contributed by atoms with van der Waals surface area (Å²) in [5, 5.41) is 28.0. The number of carbonyl (C=O) groups excluding carboxylic acids is 1. The number of hydrogen-bond donors (Lipinski definition) is 4. The van der Waals surface area contributed by atoms with E-state index in [4.69, 9.17) is 16.9 Å². The van der Waals surface area contributed by atoms with Crippen LogP contribution in [-0.2, 0) is 4.79 Å².